The summed E-state index contributed by atoms with van der Waals surface area (Å²) in [6.07, 6.45) is 3.04. The molecule has 0 spiro atoms. The van der Waals surface area contributed by atoms with E-state index in [2.05, 4.69) is 0 Å². The molecule has 138 valence electrons. The Morgan fingerprint density at radius 2 is 1.96 bits per heavy atom. The van der Waals surface area contributed by atoms with Crippen LogP contribution in [0.4, 0.5) is 11.4 Å². The number of carbonyl (C=O) groups excluding carboxylic acids is 1. The zero-order valence-corrected chi connectivity index (χ0v) is 15.4. The minimum absolute atomic E-state index is 0.228. The van der Waals surface area contributed by atoms with Gasteiger partial charge in [-0.05, 0) is 42.7 Å². The molecule has 0 fully saturated rings. The summed E-state index contributed by atoms with van der Waals surface area (Å²) < 4.78 is 10.6. The third kappa shape index (κ3) is 4.55. The van der Waals surface area contributed by atoms with Gasteiger partial charge in [0, 0.05) is 12.6 Å². The van der Waals surface area contributed by atoms with Crippen LogP contribution in [0.3, 0.4) is 0 Å². The predicted molar refractivity (Wildman–Crippen MR) is 105 cm³/mol. The van der Waals surface area contributed by atoms with Crippen LogP contribution in [-0.2, 0) is 16.1 Å². The molecule has 6 heteroatoms. The van der Waals surface area contributed by atoms with Crippen molar-refractivity contribution in [2.24, 2.45) is 5.84 Å². The normalized spacial score (nSPS) is 10.8. The third-order valence-corrected chi connectivity index (χ3v) is 4.08. The lowest BCUT2D eigenvalue weighted by Crippen LogP contribution is -2.31. The van der Waals surface area contributed by atoms with Crippen LogP contribution < -0.4 is 21.3 Å². The lowest BCUT2D eigenvalue weighted by Gasteiger charge is -2.23. The highest BCUT2D eigenvalue weighted by Crippen LogP contribution is 2.37. The second-order valence-electron chi connectivity index (χ2n) is 5.77. The number of nitrogen functional groups attached to an aromatic ring is 1. The lowest BCUT2D eigenvalue weighted by molar-refractivity contribution is -0.138. The summed E-state index contributed by atoms with van der Waals surface area (Å²) >= 11 is 0. The first-order chi connectivity index (χ1) is 12.5. The molecule has 0 bridgehead atoms. The van der Waals surface area contributed by atoms with Crippen molar-refractivity contribution in [3.05, 3.63) is 59.2 Å². The first kappa shape index (κ1) is 19.3. The summed E-state index contributed by atoms with van der Waals surface area (Å²) in [5.74, 6) is 6.11. The molecule has 2 aromatic carbocycles. The molecule has 0 heterocycles. The number of hydrazine groups is 1. The maximum atomic E-state index is 12.0. The molecule has 6 nitrogen and oxygen atoms in total. The largest absolute Gasteiger partial charge is 0.494 e. The zero-order valence-electron chi connectivity index (χ0n) is 15.4. The zero-order chi connectivity index (χ0) is 19.1. The molecule has 26 heavy (non-hydrogen) atoms. The molecule has 0 aliphatic rings. The first-order valence-corrected chi connectivity index (χ1v) is 8.36. The Labute approximate surface area is 154 Å². The molecule has 2 rings (SSSR count). The lowest BCUT2D eigenvalue weighted by atomic mass is 10.0. The van der Waals surface area contributed by atoms with Crippen molar-refractivity contribution >= 4 is 23.4 Å². The number of methoxy groups -OCH3 is 1. The predicted octanol–water partition coefficient (Wildman–Crippen LogP) is 3.04. The number of nitrogens with zero attached hydrogens (tertiary/aromatic N) is 1. The average molecular weight is 355 g/mol. The smallest absolute Gasteiger partial charge is 0.331 e. The van der Waals surface area contributed by atoms with Gasteiger partial charge < -0.3 is 20.2 Å². The van der Waals surface area contributed by atoms with Gasteiger partial charge in [-0.3, -0.25) is 0 Å². The van der Waals surface area contributed by atoms with Crippen molar-refractivity contribution in [3.8, 4) is 5.75 Å². The second-order valence-corrected chi connectivity index (χ2v) is 5.77. The number of esters is 1. The minimum Gasteiger partial charge on any atom is -0.494 e. The van der Waals surface area contributed by atoms with Gasteiger partial charge in [0.2, 0.25) is 0 Å². The van der Waals surface area contributed by atoms with Crippen LogP contribution in [0.25, 0.3) is 6.08 Å². The Morgan fingerprint density at radius 1 is 1.27 bits per heavy atom. The summed E-state index contributed by atoms with van der Waals surface area (Å²) in [4.78, 5) is 12.0. The summed E-state index contributed by atoms with van der Waals surface area (Å²) in [6.45, 7) is 4.61. The van der Waals surface area contributed by atoms with Gasteiger partial charge in [0.15, 0.2) is 0 Å². The Hall–Kier alpha value is -2.99. The average Bonchev–Trinajstić information content (AvgIpc) is 2.67. The van der Waals surface area contributed by atoms with Gasteiger partial charge in [0.05, 0.1) is 12.8 Å². The number of hydrogen-bond donors (Lipinski definition) is 2. The number of anilines is 2. The van der Waals surface area contributed by atoms with Gasteiger partial charge >= 0.3 is 5.97 Å². The van der Waals surface area contributed by atoms with Crippen molar-refractivity contribution < 1.29 is 14.3 Å². The van der Waals surface area contributed by atoms with Crippen molar-refractivity contribution in [1.29, 1.82) is 0 Å². The summed E-state index contributed by atoms with van der Waals surface area (Å²) in [7, 11) is 1.55. The highest BCUT2D eigenvalue weighted by Gasteiger charge is 2.16. The number of carbonyl (C=O) groups is 1. The van der Waals surface area contributed by atoms with E-state index < -0.39 is 5.97 Å². The van der Waals surface area contributed by atoms with E-state index in [9.17, 15) is 4.79 Å². The van der Waals surface area contributed by atoms with Gasteiger partial charge in [-0.2, -0.15) is 0 Å². The topological polar surface area (TPSA) is 90.8 Å². The molecule has 0 aliphatic carbocycles. The Morgan fingerprint density at radius 3 is 2.58 bits per heavy atom. The van der Waals surface area contributed by atoms with Gasteiger partial charge in [0.1, 0.15) is 18.0 Å². The minimum atomic E-state index is -0.427. The van der Waals surface area contributed by atoms with Crippen LogP contribution in [-0.4, -0.2) is 19.6 Å². The molecular formula is C20H25N3O3. The number of nitrogens with two attached hydrogens (primary N) is 2. The molecule has 0 aliphatic heterocycles. The Balaban J connectivity index is 2.16. The van der Waals surface area contributed by atoms with Crippen LogP contribution in [0.2, 0.25) is 0 Å². The number of hydrogen-bond acceptors (Lipinski definition) is 6. The maximum Gasteiger partial charge on any atom is 0.331 e. The van der Waals surface area contributed by atoms with Crippen LogP contribution in [0.15, 0.2) is 42.5 Å². The van der Waals surface area contributed by atoms with E-state index in [0.717, 1.165) is 16.7 Å². The second kappa shape index (κ2) is 8.92. The van der Waals surface area contributed by atoms with E-state index >= 15 is 0 Å². The maximum absolute atomic E-state index is 12.0. The molecular weight excluding hydrogens is 330 g/mol. The van der Waals surface area contributed by atoms with Crippen molar-refractivity contribution in [3.63, 3.8) is 0 Å². The van der Waals surface area contributed by atoms with Crippen molar-refractivity contribution in [1.82, 2.24) is 0 Å². The molecule has 4 N–H and O–H groups in total. The SMILES string of the molecule is CCN(N)c1c(OC)cc(/C=C/C(=O)OCc2ccccc2)c(C)c1N. The monoisotopic (exact) mass is 355 g/mol. The molecule has 0 unspecified atom stereocenters. The highest BCUT2D eigenvalue weighted by molar-refractivity contribution is 5.89. The van der Waals surface area contributed by atoms with E-state index in [-0.39, 0.29) is 6.61 Å². The molecule has 0 radical (unpaired) electrons. The van der Waals surface area contributed by atoms with E-state index in [0.29, 0.717) is 23.7 Å². The van der Waals surface area contributed by atoms with Gasteiger partial charge in [-0.15, -0.1) is 0 Å². The van der Waals surface area contributed by atoms with E-state index in [1.807, 2.05) is 44.2 Å². The highest BCUT2D eigenvalue weighted by atomic mass is 16.5. The fraction of sp³-hybridized carbons (Fsp3) is 0.250. The molecule has 0 atom stereocenters. The van der Waals surface area contributed by atoms with Crippen LogP contribution in [0, 0.1) is 6.92 Å². The Bertz CT molecular complexity index is 789. The van der Waals surface area contributed by atoms with Crippen LogP contribution >= 0.6 is 0 Å². The van der Waals surface area contributed by atoms with Crippen LogP contribution in [0.1, 0.15) is 23.6 Å². The third-order valence-electron chi connectivity index (χ3n) is 4.08. The van der Waals surface area contributed by atoms with Gasteiger partial charge in [0.25, 0.3) is 0 Å². The standard InChI is InChI=1S/C20H25N3O3/c1-4-23(22)20-17(25-3)12-16(14(2)19(20)21)10-11-18(24)26-13-15-8-6-5-7-9-15/h5-12H,4,13,21-22H2,1-3H3/b11-10+. The molecule has 0 saturated heterocycles. The molecule has 0 amide bonds. The quantitative estimate of drug-likeness (QED) is 0.261. The number of rotatable bonds is 7. The molecule has 2 aromatic rings. The van der Waals surface area contributed by atoms with Crippen LogP contribution in [0.5, 0.6) is 5.75 Å². The number of benzene rings is 2. The van der Waals surface area contributed by atoms with E-state index in [4.69, 9.17) is 21.1 Å². The molecule has 0 saturated carbocycles. The number of ether oxygens (including phenoxy) is 2. The summed E-state index contributed by atoms with van der Waals surface area (Å²) in [6, 6.07) is 11.3. The fourth-order valence-corrected chi connectivity index (χ4v) is 2.50. The fourth-order valence-electron chi connectivity index (χ4n) is 2.50. The van der Waals surface area contributed by atoms with Gasteiger partial charge in [-0.1, -0.05) is 30.3 Å². The van der Waals surface area contributed by atoms with Crippen molar-refractivity contribution in [2.45, 2.75) is 20.5 Å². The van der Waals surface area contributed by atoms with E-state index in [1.54, 1.807) is 19.3 Å². The van der Waals surface area contributed by atoms with Crippen molar-refractivity contribution in [2.75, 3.05) is 24.4 Å². The molecule has 0 aromatic heterocycles. The summed E-state index contributed by atoms with van der Waals surface area (Å²) in [5, 5.41) is 1.53. The van der Waals surface area contributed by atoms with E-state index in [1.165, 1.54) is 11.1 Å². The summed E-state index contributed by atoms with van der Waals surface area (Å²) in [5.41, 5.74) is 9.90. The Kier molecular flexibility index (Phi) is 6.63. The van der Waals surface area contributed by atoms with Gasteiger partial charge in [-0.25, -0.2) is 10.6 Å². The first-order valence-electron chi connectivity index (χ1n) is 8.36.